The fourth-order valence-corrected chi connectivity index (χ4v) is 2.90. The minimum Gasteiger partial charge on any atom is -0.496 e. The van der Waals surface area contributed by atoms with E-state index in [1.807, 2.05) is 0 Å². The fraction of sp³-hybridized carbons (Fsp3) is 0.158. The predicted molar refractivity (Wildman–Crippen MR) is 91.3 cm³/mol. The summed E-state index contributed by atoms with van der Waals surface area (Å²) in [5.74, 6) is 0.201. The molecule has 0 heterocycles. The first-order chi connectivity index (χ1) is 11.5. The maximum absolute atomic E-state index is 13.0. The van der Waals surface area contributed by atoms with Gasteiger partial charge in [-0.25, -0.2) is 0 Å². The van der Waals surface area contributed by atoms with Crippen molar-refractivity contribution < 1.29 is 19.1 Å². The largest absolute Gasteiger partial charge is 0.496 e. The van der Waals surface area contributed by atoms with Gasteiger partial charge in [0.2, 0.25) is 5.78 Å². The molecule has 0 saturated heterocycles. The second-order valence-corrected chi connectivity index (χ2v) is 5.55. The van der Waals surface area contributed by atoms with Gasteiger partial charge >= 0.3 is 0 Å². The van der Waals surface area contributed by atoms with Crippen LogP contribution in [0.25, 0.3) is 0 Å². The summed E-state index contributed by atoms with van der Waals surface area (Å²) in [5, 5.41) is 3.05. The van der Waals surface area contributed by atoms with Crippen LogP contribution in [0.2, 0.25) is 0 Å². The first-order valence-electron chi connectivity index (χ1n) is 7.39. The zero-order chi connectivity index (χ0) is 17.4. The van der Waals surface area contributed by atoms with Crippen LogP contribution in [0.4, 0.5) is 5.69 Å². The zero-order valence-corrected chi connectivity index (χ0v) is 13.7. The minimum atomic E-state index is -0.282. The van der Waals surface area contributed by atoms with Gasteiger partial charge in [0.25, 0.3) is 0 Å². The highest BCUT2D eigenvalue weighted by Crippen LogP contribution is 2.39. The third kappa shape index (κ3) is 2.34. The van der Waals surface area contributed by atoms with Gasteiger partial charge in [0.1, 0.15) is 11.5 Å². The summed E-state index contributed by atoms with van der Waals surface area (Å²) in [4.78, 5) is 25.9. The van der Waals surface area contributed by atoms with E-state index in [0.717, 1.165) is 0 Å². The molecule has 0 spiro atoms. The number of hydrogen-bond acceptors (Lipinski definition) is 5. The molecule has 0 saturated carbocycles. The molecule has 0 unspecified atom stereocenters. The van der Waals surface area contributed by atoms with Gasteiger partial charge in [-0.05, 0) is 19.1 Å². The van der Waals surface area contributed by atoms with Crippen LogP contribution >= 0.6 is 0 Å². The Morgan fingerprint density at radius 3 is 2.25 bits per heavy atom. The van der Waals surface area contributed by atoms with Crippen molar-refractivity contribution in [3.63, 3.8) is 0 Å². The van der Waals surface area contributed by atoms with E-state index in [9.17, 15) is 9.59 Å². The molecular weight excluding hydrogens is 306 g/mol. The van der Waals surface area contributed by atoms with Gasteiger partial charge in [-0.15, -0.1) is 0 Å². The van der Waals surface area contributed by atoms with Gasteiger partial charge in [0.15, 0.2) is 5.78 Å². The maximum Gasteiger partial charge on any atom is 0.201 e. The van der Waals surface area contributed by atoms with Crippen molar-refractivity contribution in [2.45, 2.75) is 6.92 Å². The lowest BCUT2D eigenvalue weighted by Crippen LogP contribution is -2.22. The van der Waals surface area contributed by atoms with Crippen LogP contribution in [-0.2, 0) is 0 Å². The molecule has 1 aliphatic rings. The lowest BCUT2D eigenvalue weighted by Gasteiger charge is -2.22. The Morgan fingerprint density at radius 1 is 0.958 bits per heavy atom. The fourth-order valence-electron chi connectivity index (χ4n) is 2.90. The van der Waals surface area contributed by atoms with E-state index in [4.69, 9.17) is 9.47 Å². The quantitative estimate of drug-likeness (QED) is 0.797. The van der Waals surface area contributed by atoms with Crippen LogP contribution in [-0.4, -0.2) is 25.8 Å². The average molecular weight is 323 g/mol. The van der Waals surface area contributed by atoms with Gasteiger partial charge in [-0.2, -0.15) is 0 Å². The Morgan fingerprint density at radius 2 is 1.62 bits per heavy atom. The van der Waals surface area contributed by atoms with Crippen molar-refractivity contribution in [1.82, 2.24) is 0 Å². The van der Waals surface area contributed by atoms with Crippen LogP contribution in [0.15, 0.2) is 42.6 Å². The normalized spacial score (nSPS) is 12.3. The number of fused-ring (bicyclic) bond motifs is 2. The average Bonchev–Trinajstić information content (AvgIpc) is 2.57. The molecule has 5 heteroatoms. The van der Waals surface area contributed by atoms with Crippen LogP contribution in [0, 0.1) is 0 Å². The molecule has 5 nitrogen and oxygen atoms in total. The minimum absolute atomic E-state index is 0.234. The molecule has 24 heavy (non-hydrogen) atoms. The summed E-state index contributed by atoms with van der Waals surface area (Å²) in [6.45, 7) is 5.59. The monoisotopic (exact) mass is 323 g/mol. The summed E-state index contributed by atoms with van der Waals surface area (Å²) < 4.78 is 10.6. The molecule has 2 aromatic carbocycles. The highest BCUT2D eigenvalue weighted by Gasteiger charge is 2.35. The van der Waals surface area contributed by atoms with Gasteiger partial charge in [-0.1, -0.05) is 18.7 Å². The zero-order valence-electron chi connectivity index (χ0n) is 13.7. The smallest absolute Gasteiger partial charge is 0.201 e. The maximum atomic E-state index is 13.0. The number of rotatable bonds is 4. The lowest BCUT2D eigenvalue weighted by molar-refractivity contribution is 0.0974. The van der Waals surface area contributed by atoms with Crippen LogP contribution in [0.1, 0.15) is 38.8 Å². The molecule has 0 bridgehead atoms. The van der Waals surface area contributed by atoms with Gasteiger partial charge < -0.3 is 14.8 Å². The summed E-state index contributed by atoms with van der Waals surface area (Å²) in [6.07, 6.45) is 0. The van der Waals surface area contributed by atoms with Crippen LogP contribution in [0.3, 0.4) is 0 Å². The molecule has 0 radical (unpaired) electrons. The first kappa shape index (κ1) is 15.8. The second kappa shape index (κ2) is 5.85. The molecule has 2 aromatic rings. The topological polar surface area (TPSA) is 64.6 Å². The first-order valence-corrected chi connectivity index (χ1v) is 7.39. The van der Waals surface area contributed by atoms with E-state index in [1.165, 1.54) is 14.2 Å². The van der Waals surface area contributed by atoms with Crippen molar-refractivity contribution in [2.24, 2.45) is 0 Å². The van der Waals surface area contributed by atoms with Gasteiger partial charge in [-0.3, -0.25) is 9.59 Å². The van der Waals surface area contributed by atoms with Crippen molar-refractivity contribution >= 4 is 17.3 Å². The van der Waals surface area contributed by atoms with Crippen LogP contribution in [0.5, 0.6) is 11.5 Å². The highest BCUT2D eigenvalue weighted by molar-refractivity contribution is 6.30. The van der Waals surface area contributed by atoms with Crippen LogP contribution < -0.4 is 14.8 Å². The Kier molecular flexibility index (Phi) is 3.85. The standard InChI is InChI=1S/C19H17NO4/c1-10(2)20-11-8-13-17(15(9-11)24-4)19(22)16-12(18(13)21)6-5-7-14(16)23-3/h5-9,20H,1H2,2-4H3. The number of carbonyl (C=O) groups excluding carboxylic acids is 2. The molecule has 0 fully saturated rings. The molecule has 0 atom stereocenters. The van der Waals surface area contributed by atoms with E-state index in [2.05, 4.69) is 11.9 Å². The number of hydrogen-bond donors (Lipinski definition) is 1. The highest BCUT2D eigenvalue weighted by atomic mass is 16.5. The van der Waals surface area contributed by atoms with E-state index in [-0.39, 0.29) is 22.7 Å². The summed E-state index contributed by atoms with van der Waals surface area (Å²) in [7, 11) is 2.94. The van der Waals surface area contributed by atoms with Crippen molar-refractivity contribution in [1.29, 1.82) is 0 Å². The van der Waals surface area contributed by atoms with E-state index >= 15 is 0 Å². The number of nitrogens with one attached hydrogen (secondary N) is 1. The molecule has 3 rings (SSSR count). The number of methoxy groups -OCH3 is 2. The van der Waals surface area contributed by atoms with Crippen molar-refractivity contribution in [3.8, 4) is 11.5 Å². The molecule has 1 aliphatic carbocycles. The Hall–Kier alpha value is -3.08. The number of ether oxygens (including phenoxy) is 2. The van der Waals surface area contributed by atoms with Gasteiger partial charge in [0.05, 0.1) is 25.3 Å². The summed E-state index contributed by atoms with van der Waals surface area (Å²) in [6, 6.07) is 8.32. The summed E-state index contributed by atoms with van der Waals surface area (Å²) >= 11 is 0. The lowest BCUT2D eigenvalue weighted by atomic mass is 9.82. The second-order valence-electron chi connectivity index (χ2n) is 5.55. The number of carbonyl (C=O) groups is 2. The Bertz CT molecular complexity index is 883. The third-order valence-corrected chi connectivity index (χ3v) is 3.87. The Balaban J connectivity index is 2.27. The van der Waals surface area contributed by atoms with E-state index in [0.29, 0.717) is 34.0 Å². The predicted octanol–water partition coefficient (Wildman–Crippen LogP) is 3.42. The SMILES string of the molecule is C=C(C)Nc1cc(OC)c2c(c1)C(=O)c1cccc(OC)c1C2=O. The molecule has 122 valence electrons. The Labute approximate surface area is 139 Å². The summed E-state index contributed by atoms with van der Waals surface area (Å²) in [5.41, 5.74) is 2.53. The molecule has 0 aliphatic heterocycles. The number of benzene rings is 2. The van der Waals surface area contributed by atoms with Crippen molar-refractivity contribution in [2.75, 3.05) is 19.5 Å². The third-order valence-electron chi connectivity index (χ3n) is 3.87. The molecule has 0 aromatic heterocycles. The number of ketones is 2. The van der Waals surface area contributed by atoms with Crippen molar-refractivity contribution in [3.05, 3.63) is 64.9 Å². The molecule has 0 amide bonds. The van der Waals surface area contributed by atoms with E-state index in [1.54, 1.807) is 37.3 Å². The molecular formula is C19H17NO4. The van der Waals surface area contributed by atoms with E-state index < -0.39 is 0 Å². The van der Waals surface area contributed by atoms with Gasteiger partial charge in [0, 0.05) is 28.6 Å². The number of anilines is 1. The number of allylic oxidation sites excluding steroid dienone is 1. The molecule has 1 N–H and O–H groups in total.